The molecule has 0 heterocycles. The van der Waals surface area contributed by atoms with E-state index < -0.39 is 6.09 Å². The van der Waals surface area contributed by atoms with Gasteiger partial charge in [0.2, 0.25) is 0 Å². The summed E-state index contributed by atoms with van der Waals surface area (Å²) in [6.07, 6.45) is 9.91. The Morgan fingerprint density at radius 3 is 2.79 bits per heavy atom. The van der Waals surface area contributed by atoms with Crippen LogP contribution in [0.2, 0.25) is 0 Å². The highest BCUT2D eigenvalue weighted by Gasteiger charge is 2.31. The van der Waals surface area contributed by atoms with Crippen molar-refractivity contribution in [2.45, 2.75) is 51.7 Å². The molecule has 0 bridgehead atoms. The first-order valence-corrected chi connectivity index (χ1v) is 8.83. The van der Waals surface area contributed by atoms with Crippen molar-refractivity contribution in [3.8, 4) is 0 Å². The lowest BCUT2D eigenvalue weighted by Gasteiger charge is -2.31. The molecule has 0 saturated carbocycles. The molecule has 0 saturated heterocycles. The molecule has 1 aromatic rings. The molecule has 1 aliphatic carbocycles. The van der Waals surface area contributed by atoms with E-state index in [2.05, 4.69) is 18.3 Å². The van der Waals surface area contributed by atoms with Crippen LogP contribution in [0, 0.1) is 11.8 Å². The minimum atomic E-state index is -0.477. The van der Waals surface area contributed by atoms with E-state index in [9.17, 15) is 9.59 Å². The Labute approximate surface area is 144 Å². The van der Waals surface area contributed by atoms with E-state index >= 15 is 0 Å². The van der Waals surface area contributed by atoms with Gasteiger partial charge >= 0.3 is 6.09 Å². The summed E-state index contributed by atoms with van der Waals surface area (Å²) in [5, 5.41) is 2.83. The van der Waals surface area contributed by atoms with Gasteiger partial charge in [0, 0.05) is 5.92 Å². The molecule has 0 radical (unpaired) electrons. The van der Waals surface area contributed by atoms with Gasteiger partial charge in [-0.3, -0.25) is 0 Å². The fourth-order valence-electron chi connectivity index (χ4n) is 3.19. The van der Waals surface area contributed by atoms with E-state index in [0.29, 0.717) is 5.92 Å². The third-order valence-corrected chi connectivity index (χ3v) is 4.57. The molecule has 0 fully saturated rings. The summed E-state index contributed by atoms with van der Waals surface area (Å²) in [4.78, 5) is 23.6. The van der Waals surface area contributed by atoms with Crippen LogP contribution in [0.5, 0.6) is 0 Å². The second-order valence-electron chi connectivity index (χ2n) is 6.37. The minimum Gasteiger partial charge on any atom is -0.445 e. The lowest BCUT2D eigenvalue weighted by atomic mass is 9.78. The Balaban J connectivity index is 1.85. The number of carbonyl (C=O) groups is 2. The zero-order valence-corrected chi connectivity index (χ0v) is 14.3. The van der Waals surface area contributed by atoms with Gasteiger partial charge in [0.15, 0.2) is 0 Å². The summed E-state index contributed by atoms with van der Waals surface area (Å²) in [5.41, 5.74) is 0.941. The molecule has 2 rings (SSSR count). The molecule has 1 amide bonds. The molecule has 1 N–H and O–H groups in total. The third kappa shape index (κ3) is 5.52. The van der Waals surface area contributed by atoms with Crippen molar-refractivity contribution in [1.82, 2.24) is 5.32 Å². The van der Waals surface area contributed by atoms with Crippen molar-refractivity contribution in [3.05, 3.63) is 48.0 Å². The van der Waals surface area contributed by atoms with Gasteiger partial charge < -0.3 is 14.8 Å². The van der Waals surface area contributed by atoms with Gasteiger partial charge in [-0.05, 0) is 24.3 Å². The number of alkyl carbamates (subject to hydrolysis) is 1. The number of hydrogen-bond acceptors (Lipinski definition) is 3. The van der Waals surface area contributed by atoms with Crippen LogP contribution in [0.25, 0.3) is 0 Å². The van der Waals surface area contributed by atoms with Crippen molar-refractivity contribution >= 4 is 12.4 Å². The van der Waals surface area contributed by atoms with Gasteiger partial charge in [-0.2, -0.15) is 0 Å². The molecule has 3 atom stereocenters. The predicted molar refractivity (Wildman–Crippen MR) is 94.5 cm³/mol. The van der Waals surface area contributed by atoms with Crippen LogP contribution in [0.15, 0.2) is 42.5 Å². The summed E-state index contributed by atoms with van der Waals surface area (Å²) < 4.78 is 5.26. The summed E-state index contributed by atoms with van der Waals surface area (Å²) in [6, 6.07) is 9.28. The number of rotatable bonds is 8. The molecule has 1 aliphatic rings. The Hall–Kier alpha value is -2.10. The lowest BCUT2D eigenvalue weighted by Crippen LogP contribution is -2.44. The number of nitrogens with one attached hydrogen (secondary N) is 1. The smallest absolute Gasteiger partial charge is 0.407 e. The minimum absolute atomic E-state index is 0.170. The summed E-state index contributed by atoms with van der Waals surface area (Å²) in [6.45, 7) is 2.40. The zero-order valence-electron chi connectivity index (χ0n) is 14.3. The molecule has 0 aliphatic heterocycles. The quantitative estimate of drug-likeness (QED) is 0.440. The summed E-state index contributed by atoms with van der Waals surface area (Å²) >= 11 is 0. The number of allylic oxidation sites excluding steroid dienone is 1. The molecular weight excluding hydrogens is 302 g/mol. The number of ether oxygens (including phenoxy) is 1. The molecule has 130 valence electrons. The van der Waals surface area contributed by atoms with E-state index in [1.54, 1.807) is 0 Å². The second kappa shape index (κ2) is 9.91. The number of unbranched alkanes of at least 4 members (excludes halogenated alkanes) is 2. The van der Waals surface area contributed by atoms with Gasteiger partial charge in [0.05, 0.1) is 6.04 Å². The molecule has 0 spiro atoms. The lowest BCUT2D eigenvalue weighted by molar-refractivity contribution is -0.113. The van der Waals surface area contributed by atoms with Crippen LogP contribution in [0.1, 0.15) is 44.6 Å². The van der Waals surface area contributed by atoms with Crippen LogP contribution in [-0.4, -0.2) is 18.4 Å². The highest BCUT2D eigenvalue weighted by atomic mass is 16.5. The topological polar surface area (TPSA) is 55.4 Å². The zero-order chi connectivity index (χ0) is 17.2. The van der Waals surface area contributed by atoms with Crippen molar-refractivity contribution < 1.29 is 14.3 Å². The van der Waals surface area contributed by atoms with Crippen LogP contribution in [0.3, 0.4) is 0 Å². The SMILES string of the molecule is CCCCC[C@H]1CC=C[C@H](NC(=O)OCc2ccccc2)[C@@H]1C=O. The summed E-state index contributed by atoms with van der Waals surface area (Å²) in [5.74, 6) is 0.134. The van der Waals surface area contributed by atoms with E-state index in [-0.39, 0.29) is 18.6 Å². The van der Waals surface area contributed by atoms with Gasteiger partial charge in [0.1, 0.15) is 12.9 Å². The maximum absolute atomic E-state index is 12.0. The Kier molecular flexibility index (Phi) is 7.53. The Morgan fingerprint density at radius 2 is 2.08 bits per heavy atom. The van der Waals surface area contributed by atoms with Crippen LogP contribution < -0.4 is 5.32 Å². The molecule has 4 heteroatoms. The van der Waals surface area contributed by atoms with Crippen molar-refractivity contribution in [2.75, 3.05) is 0 Å². The fourth-order valence-corrected chi connectivity index (χ4v) is 3.19. The number of hydrogen-bond donors (Lipinski definition) is 1. The summed E-state index contributed by atoms with van der Waals surface area (Å²) in [7, 11) is 0. The van der Waals surface area contributed by atoms with Crippen LogP contribution in [0.4, 0.5) is 4.79 Å². The van der Waals surface area contributed by atoms with Gasteiger partial charge in [-0.15, -0.1) is 0 Å². The average Bonchev–Trinajstić information content (AvgIpc) is 2.61. The standard InChI is InChI=1S/C20H27NO3/c1-2-3-5-11-17-12-8-13-19(18(17)14-22)21-20(23)24-15-16-9-6-4-7-10-16/h4,6-10,13-14,17-19H,2-3,5,11-12,15H2,1H3,(H,21,23)/t17-,18+,19-/m0/s1. The first kappa shape index (κ1) is 18.2. The number of carbonyl (C=O) groups excluding carboxylic acids is 2. The van der Waals surface area contributed by atoms with E-state index in [4.69, 9.17) is 4.74 Å². The molecule has 24 heavy (non-hydrogen) atoms. The number of aldehydes is 1. The highest BCUT2D eigenvalue weighted by molar-refractivity contribution is 5.69. The fraction of sp³-hybridized carbons (Fsp3) is 0.500. The number of amides is 1. The van der Waals surface area contributed by atoms with E-state index in [1.165, 1.54) is 12.8 Å². The first-order valence-electron chi connectivity index (χ1n) is 8.83. The molecule has 0 aromatic heterocycles. The Bertz CT molecular complexity index is 541. The van der Waals surface area contributed by atoms with E-state index in [0.717, 1.165) is 31.1 Å². The largest absolute Gasteiger partial charge is 0.445 e. The monoisotopic (exact) mass is 329 g/mol. The van der Waals surface area contributed by atoms with Gasteiger partial charge in [-0.1, -0.05) is 68.7 Å². The van der Waals surface area contributed by atoms with Gasteiger partial charge in [-0.25, -0.2) is 4.79 Å². The Morgan fingerprint density at radius 1 is 1.29 bits per heavy atom. The number of benzene rings is 1. The van der Waals surface area contributed by atoms with Gasteiger partial charge in [0.25, 0.3) is 0 Å². The van der Waals surface area contributed by atoms with Crippen molar-refractivity contribution in [1.29, 1.82) is 0 Å². The van der Waals surface area contributed by atoms with Crippen LogP contribution in [-0.2, 0) is 16.1 Å². The first-order chi connectivity index (χ1) is 11.7. The predicted octanol–water partition coefficient (Wildman–Crippen LogP) is 4.25. The normalized spacial score (nSPS) is 22.8. The van der Waals surface area contributed by atoms with Crippen molar-refractivity contribution in [3.63, 3.8) is 0 Å². The maximum Gasteiger partial charge on any atom is 0.407 e. The third-order valence-electron chi connectivity index (χ3n) is 4.57. The average molecular weight is 329 g/mol. The second-order valence-corrected chi connectivity index (χ2v) is 6.37. The molecule has 1 aromatic carbocycles. The molecular formula is C20H27NO3. The highest BCUT2D eigenvalue weighted by Crippen LogP contribution is 2.29. The molecule has 4 nitrogen and oxygen atoms in total. The molecule has 0 unspecified atom stereocenters. The van der Waals surface area contributed by atoms with E-state index in [1.807, 2.05) is 36.4 Å². The van der Waals surface area contributed by atoms with Crippen molar-refractivity contribution in [2.24, 2.45) is 11.8 Å². The van der Waals surface area contributed by atoms with Crippen LogP contribution >= 0.6 is 0 Å². The maximum atomic E-state index is 12.0.